The average molecular weight is 281 g/mol. The van der Waals surface area contributed by atoms with Crippen molar-refractivity contribution in [1.29, 1.82) is 0 Å². The van der Waals surface area contributed by atoms with E-state index in [0.29, 0.717) is 0 Å². The van der Waals surface area contributed by atoms with Crippen molar-refractivity contribution in [1.82, 2.24) is 0 Å². The molecular formula is C18H21N2O+. The van der Waals surface area contributed by atoms with Gasteiger partial charge in [-0.3, -0.25) is 0 Å². The Hall–Kier alpha value is -2.16. The van der Waals surface area contributed by atoms with Crippen molar-refractivity contribution >= 4 is 0 Å². The second kappa shape index (κ2) is 4.99. The maximum absolute atomic E-state index is 6.01. The van der Waals surface area contributed by atoms with Crippen LogP contribution in [0.25, 0.3) is 0 Å². The van der Waals surface area contributed by atoms with Crippen LogP contribution in [0.4, 0.5) is 0 Å². The Labute approximate surface area is 126 Å². The summed E-state index contributed by atoms with van der Waals surface area (Å²) in [5.41, 5.74) is 2.62. The molecule has 2 heterocycles. The summed E-state index contributed by atoms with van der Waals surface area (Å²) in [5, 5.41) is 4.26. The minimum atomic E-state index is 0.153. The van der Waals surface area contributed by atoms with E-state index in [2.05, 4.69) is 57.1 Å². The highest BCUT2D eigenvalue weighted by Gasteiger charge is 2.25. The van der Waals surface area contributed by atoms with Crippen LogP contribution in [0.2, 0.25) is 0 Å². The van der Waals surface area contributed by atoms with Crippen molar-refractivity contribution < 1.29 is 9.43 Å². The topological polar surface area (TPSA) is 24.6 Å². The molecule has 0 aromatic heterocycles. The first-order valence-electron chi connectivity index (χ1n) is 7.28. The largest absolute Gasteiger partial charge is 0.451 e. The molecule has 1 atom stereocenters. The number of ether oxygens (including phenoxy) is 1. The maximum Gasteiger partial charge on any atom is 0.239 e. The molecule has 21 heavy (non-hydrogen) atoms. The Morgan fingerprint density at radius 3 is 2.71 bits per heavy atom. The molecule has 108 valence electrons. The van der Waals surface area contributed by atoms with Crippen LogP contribution in [-0.4, -0.2) is 10.7 Å². The van der Waals surface area contributed by atoms with E-state index < -0.39 is 0 Å². The van der Waals surface area contributed by atoms with Crippen LogP contribution in [0.5, 0.6) is 5.75 Å². The van der Waals surface area contributed by atoms with Gasteiger partial charge in [0.15, 0.2) is 5.76 Å². The molecular weight excluding hydrogens is 260 g/mol. The summed E-state index contributed by atoms with van der Waals surface area (Å²) in [6.45, 7) is 8.74. The fraction of sp³-hybridized carbons (Fsp3) is 0.333. The van der Waals surface area contributed by atoms with Crippen molar-refractivity contribution in [2.24, 2.45) is 5.11 Å². The van der Waals surface area contributed by atoms with Gasteiger partial charge in [-0.25, -0.2) is 0 Å². The molecule has 0 saturated heterocycles. The predicted molar refractivity (Wildman–Crippen MR) is 83.3 cm³/mol. The van der Waals surface area contributed by atoms with Crippen molar-refractivity contribution in [3.8, 4) is 5.75 Å². The highest BCUT2D eigenvalue weighted by molar-refractivity contribution is 5.40. The van der Waals surface area contributed by atoms with Gasteiger partial charge in [-0.05, 0) is 46.8 Å². The number of fused-ring (bicyclic) bond motifs is 1. The summed E-state index contributed by atoms with van der Waals surface area (Å²) >= 11 is 0. The number of azo groups is 2. The number of benzene rings is 1. The van der Waals surface area contributed by atoms with Crippen LogP contribution >= 0.6 is 0 Å². The monoisotopic (exact) mass is 281 g/mol. The van der Waals surface area contributed by atoms with Gasteiger partial charge in [-0.2, -0.15) is 0 Å². The molecule has 1 aromatic carbocycles. The van der Waals surface area contributed by atoms with Gasteiger partial charge in [-0.15, -0.1) is 0 Å². The Morgan fingerprint density at radius 2 is 2.00 bits per heavy atom. The van der Waals surface area contributed by atoms with Gasteiger partial charge >= 0.3 is 0 Å². The molecule has 1 aromatic rings. The van der Waals surface area contributed by atoms with Gasteiger partial charge in [0.25, 0.3) is 0 Å². The summed E-state index contributed by atoms with van der Waals surface area (Å²) in [6.07, 6.45) is 9.89. The second-order valence-electron chi connectivity index (χ2n) is 6.55. The maximum atomic E-state index is 6.01. The van der Waals surface area contributed by atoms with Gasteiger partial charge in [0.05, 0.1) is 6.20 Å². The minimum Gasteiger partial charge on any atom is -0.451 e. The molecule has 0 bridgehead atoms. The zero-order valence-corrected chi connectivity index (χ0v) is 13.0. The van der Waals surface area contributed by atoms with Crippen molar-refractivity contribution in [3.05, 3.63) is 65.7 Å². The van der Waals surface area contributed by atoms with Gasteiger partial charge in [0, 0.05) is 6.08 Å². The molecule has 3 heteroatoms. The number of rotatable bonds is 2. The van der Waals surface area contributed by atoms with E-state index >= 15 is 0 Å². The van der Waals surface area contributed by atoms with Crippen LogP contribution in [0, 0.1) is 6.92 Å². The van der Waals surface area contributed by atoms with E-state index in [9.17, 15) is 0 Å². The number of hydrogen-bond acceptors (Lipinski definition) is 2. The van der Waals surface area contributed by atoms with Crippen LogP contribution in [-0.2, 0) is 5.41 Å². The molecule has 0 N–H and O–H groups in total. The third-order valence-electron chi connectivity index (χ3n) is 3.77. The Bertz CT molecular complexity index is 688. The van der Waals surface area contributed by atoms with Crippen LogP contribution in [0.15, 0.2) is 59.7 Å². The summed E-state index contributed by atoms with van der Waals surface area (Å²) in [7, 11) is 0. The number of allylic oxidation sites excluding steroid dienone is 1. The molecule has 2 aliphatic rings. The average Bonchev–Trinajstić information content (AvgIpc) is 2.87. The summed E-state index contributed by atoms with van der Waals surface area (Å²) in [5.74, 6) is 1.70. The van der Waals surface area contributed by atoms with Gasteiger partial charge < -0.3 is 4.74 Å². The molecule has 3 nitrogen and oxygen atoms in total. The normalized spacial score (nSPS) is 20.1. The molecule has 1 unspecified atom stereocenters. The van der Waals surface area contributed by atoms with Crippen molar-refractivity contribution in [2.45, 2.75) is 39.2 Å². The van der Waals surface area contributed by atoms with E-state index in [0.717, 1.165) is 17.1 Å². The predicted octanol–water partition coefficient (Wildman–Crippen LogP) is 4.44. The zero-order valence-electron chi connectivity index (χ0n) is 13.0. The molecule has 0 aliphatic carbocycles. The molecule has 0 amide bonds. The molecule has 0 spiro atoms. The summed E-state index contributed by atoms with van der Waals surface area (Å²) in [4.78, 5) is 0. The molecule has 2 aliphatic heterocycles. The SMILES string of the molecule is Cc1cc(C(C)(C)C)ccc1OC1=C[N+]2=NC=CC2C=C1. The van der Waals surface area contributed by atoms with Crippen LogP contribution < -0.4 is 4.74 Å². The third kappa shape index (κ3) is 2.82. The van der Waals surface area contributed by atoms with Crippen LogP contribution in [0.3, 0.4) is 0 Å². The Kier molecular flexibility index (Phi) is 3.28. The molecule has 3 rings (SSSR count). The first-order chi connectivity index (χ1) is 9.93. The van der Waals surface area contributed by atoms with Crippen LogP contribution in [0.1, 0.15) is 31.9 Å². The highest BCUT2D eigenvalue weighted by Crippen LogP contribution is 2.29. The summed E-state index contributed by atoms with van der Waals surface area (Å²) < 4.78 is 7.90. The quantitative estimate of drug-likeness (QED) is 0.735. The smallest absolute Gasteiger partial charge is 0.239 e. The van der Waals surface area contributed by atoms with E-state index in [1.165, 1.54) is 5.56 Å². The fourth-order valence-electron chi connectivity index (χ4n) is 2.43. The van der Waals surface area contributed by atoms with Gasteiger partial charge in [0.2, 0.25) is 12.2 Å². The Morgan fingerprint density at radius 1 is 1.19 bits per heavy atom. The number of nitrogens with zero attached hydrogens (tertiary/aromatic N) is 2. The number of hydrogen-bond donors (Lipinski definition) is 0. The first kappa shape index (κ1) is 13.8. The fourth-order valence-corrected chi connectivity index (χ4v) is 2.43. The Balaban J connectivity index is 1.82. The summed E-state index contributed by atoms with van der Waals surface area (Å²) in [6, 6.07) is 6.63. The van der Waals surface area contributed by atoms with Gasteiger partial charge in [0.1, 0.15) is 5.75 Å². The standard InChI is InChI=1S/C18H21N2O/c1-13-11-14(18(2,3)4)5-8-17(13)21-16-7-6-15-9-10-19-20(15)12-16/h5-12,15H,1-4H3/q+1. The molecule has 0 saturated carbocycles. The van der Waals surface area contributed by atoms with E-state index in [4.69, 9.17) is 4.74 Å². The molecule has 0 radical (unpaired) electrons. The van der Waals surface area contributed by atoms with E-state index in [1.807, 2.05) is 29.2 Å². The molecule has 0 fully saturated rings. The first-order valence-corrected chi connectivity index (χ1v) is 7.28. The highest BCUT2D eigenvalue weighted by atomic mass is 16.5. The lowest BCUT2D eigenvalue weighted by Crippen LogP contribution is -2.17. The lowest BCUT2D eigenvalue weighted by Gasteiger charge is -2.20. The van der Waals surface area contributed by atoms with Crippen molar-refractivity contribution in [3.63, 3.8) is 0 Å². The minimum absolute atomic E-state index is 0.153. The third-order valence-corrected chi connectivity index (χ3v) is 3.77. The lowest BCUT2D eigenvalue weighted by molar-refractivity contribution is -0.537. The van der Waals surface area contributed by atoms with E-state index in [1.54, 1.807) is 0 Å². The zero-order chi connectivity index (χ0) is 15.0. The van der Waals surface area contributed by atoms with E-state index in [-0.39, 0.29) is 11.5 Å². The second-order valence-corrected chi connectivity index (χ2v) is 6.55. The van der Waals surface area contributed by atoms with Gasteiger partial charge in [-0.1, -0.05) is 37.6 Å². The number of aryl methyl sites for hydroxylation is 1. The lowest BCUT2D eigenvalue weighted by atomic mass is 9.86. The van der Waals surface area contributed by atoms with Crippen molar-refractivity contribution in [2.75, 3.05) is 0 Å².